The highest BCUT2D eigenvalue weighted by molar-refractivity contribution is 9.10. The molecule has 2 atom stereocenters. The zero-order chi connectivity index (χ0) is 13.7. The molecule has 0 spiro atoms. The van der Waals surface area contributed by atoms with Crippen LogP contribution in [-0.2, 0) is 4.79 Å². The zero-order valence-corrected chi connectivity index (χ0v) is 12.7. The molecule has 0 heterocycles. The summed E-state index contributed by atoms with van der Waals surface area (Å²) in [4.78, 5) is 11.9. The minimum absolute atomic E-state index is 0.0341. The van der Waals surface area contributed by atoms with Crippen LogP contribution in [0, 0.1) is 5.92 Å². The summed E-state index contributed by atoms with van der Waals surface area (Å²) in [6.45, 7) is 6.08. The van der Waals surface area contributed by atoms with Crippen LogP contribution >= 0.6 is 15.9 Å². The van der Waals surface area contributed by atoms with Crippen LogP contribution in [0.1, 0.15) is 38.8 Å². The number of nitrogens with two attached hydrogens (primary N) is 1. The molecule has 0 aromatic heterocycles. The Labute approximate surface area is 117 Å². The van der Waals surface area contributed by atoms with Gasteiger partial charge in [-0.15, -0.1) is 0 Å². The van der Waals surface area contributed by atoms with E-state index in [1.807, 2.05) is 31.2 Å². The maximum absolute atomic E-state index is 11.9. The molecule has 3 nitrogen and oxygen atoms in total. The Kier molecular flexibility index (Phi) is 5.82. The molecule has 0 saturated heterocycles. The number of benzene rings is 1. The fourth-order valence-electron chi connectivity index (χ4n) is 1.79. The van der Waals surface area contributed by atoms with Crippen LogP contribution in [-0.4, -0.2) is 11.9 Å². The van der Waals surface area contributed by atoms with Crippen molar-refractivity contribution in [2.45, 2.75) is 39.3 Å². The monoisotopic (exact) mass is 312 g/mol. The third-order valence-corrected chi connectivity index (χ3v) is 3.26. The molecular formula is C14H21BrN2O. The van der Waals surface area contributed by atoms with E-state index >= 15 is 0 Å². The number of nitrogens with one attached hydrogen (secondary N) is 1. The van der Waals surface area contributed by atoms with Gasteiger partial charge in [-0.2, -0.15) is 0 Å². The molecule has 100 valence electrons. The Morgan fingerprint density at radius 2 is 2.06 bits per heavy atom. The normalized spacial score (nSPS) is 14.3. The zero-order valence-electron chi connectivity index (χ0n) is 11.1. The second-order valence-electron chi connectivity index (χ2n) is 5.02. The summed E-state index contributed by atoms with van der Waals surface area (Å²) < 4.78 is 1.01. The first-order valence-electron chi connectivity index (χ1n) is 6.21. The lowest BCUT2D eigenvalue weighted by Gasteiger charge is -2.19. The van der Waals surface area contributed by atoms with Crippen molar-refractivity contribution < 1.29 is 4.79 Å². The standard InChI is InChI=1S/C14H21BrN2O/c1-9(2)7-13(16)14(18)17-10(3)11-5-4-6-12(15)8-11/h4-6,8-10,13H,7,16H2,1-3H3,(H,17,18)/t10-,13-/m0/s1. The molecule has 0 radical (unpaired) electrons. The average Bonchev–Trinajstić information content (AvgIpc) is 2.27. The third kappa shape index (κ3) is 4.78. The van der Waals surface area contributed by atoms with E-state index in [1.165, 1.54) is 0 Å². The van der Waals surface area contributed by atoms with Gasteiger partial charge in [0.2, 0.25) is 5.91 Å². The Morgan fingerprint density at radius 3 is 2.61 bits per heavy atom. The lowest BCUT2D eigenvalue weighted by atomic mass is 10.0. The number of carbonyl (C=O) groups is 1. The van der Waals surface area contributed by atoms with E-state index < -0.39 is 6.04 Å². The fourth-order valence-corrected chi connectivity index (χ4v) is 2.21. The number of rotatable bonds is 5. The number of hydrogen-bond acceptors (Lipinski definition) is 2. The minimum Gasteiger partial charge on any atom is -0.348 e. The van der Waals surface area contributed by atoms with Crippen molar-refractivity contribution in [3.63, 3.8) is 0 Å². The molecule has 0 aliphatic carbocycles. The molecule has 18 heavy (non-hydrogen) atoms. The first kappa shape index (κ1) is 15.2. The van der Waals surface area contributed by atoms with Crippen molar-refractivity contribution in [3.8, 4) is 0 Å². The van der Waals surface area contributed by atoms with Crippen LogP contribution in [0.15, 0.2) is 28.7 Å². The second kappa shape index (κ2) is 6.90. The summed E-state index contributed by atoms with van der Waals surface area (Å²) in [6.07, 6.45) is 0.705. The molecule has 1 amide bonds. The first-order valence-corrected chi connectivity index (χ1v) is 7.01. The Morgan fingerprint density at radius 1 is 1.39 bits per heavy atom. The highest BCUT2D eigenvalue weighted by atomic mass is 79.9. The van der Waals surface area contributed by atoms with E-state index in [9.17, 15) is 4.79 Å². The molecule has 0 aliphatic heterocycles. The molecular weight excluding hydrogens is 292 g/mol. The van der Waals surface area contributed by atoms with Crippen molar-refractivity contribution >= 4 is 21.8 Å². The van der Waals surface area contributed by atoms with Gasteiger partial charge in [0.25, 0.3) is 0 Å². The maximum Gasteiger partial charge on any atom is 0.237 e. The number of amides is 1. The van der Waals surface area contributed by atoms with Crippen molar-refractivity contribution in [3.05, 3.63) is 34.3 Å². The smallest absolute Gasteiger partial charge is 0.237 e. The van der Waals surface area contributed by atoms with Gasteiger partial charge in [0.15, 0.2) is 0 Å². The number of halogens is 1. The Balaban J connectivity index is 2.59. The van der Waals surface area contributed by atoms with Crippen molar-refractivity contribution in [2.75, 3.05) is 0 Å². The largest absolute Gasteiger partial charge is 0.348 e. The van der Waals surface area contributed by atoms with Gasteiger partial charge in [0.05, 0.1) is 12.1 Å². The van der Waals surface area contributed by atoms with E-state index in [4.69, 9.17) is 5.73 Å². The van der Waals surface area contributed by atoms with E-state index in [1.54, 1.807) is 0 Å². The lowest BCUT2D eigenvalue weighted by molar-refractivity contribution is -0.123. The first-order chi connectivity index (χ1) is 8.40. The van der Waals surface area contributed by atoms with Gasteiger partial charge in [0, 0.05) is 4.47 Å². The van der Waals surface area contributed by atoms with E-state index in [2.05, 4.69) is 35.1 Å². The number of carbonyl (C=O) groups excluding carboxylic acids is 1. The van der Waals surface area contributed by atoms with Gasteiger partial charge in [-0.3, -0.25) is 4.79 Å². The molecule has 0 fully saturated rings. The van der Waals surface area contributed by atoms with Crippen LogP contribution in [0.3, 0.4) is 0 Å². The van der Waals surface area contributed by atoms with Gasteiger partial charge in [-0.25, -0.2) is 0 Å². The summed E-state index contributed by atoms with van der Waals surface area (Å²) in [5.74, 6) is 0.336. The van der Waals surface area contributed by atoms with Crippen LogP contribution < -0.4 is 11.1 Å². The van der Waals surface area contributed by atoms with Crippen molar-refractivity contribution in [2.24, 2.45) is 11.7 Å². The second-order valence-corrected chi connectivity index (χ2v) is 5.94. The Bertz CT molecular complexity index is 407. The van der Waals surface area contributed by atoms with Crippen LogP contribution in [0.5, 0.6) is 0 Å². The van der Waals surface area contributed by atoms with Crippen LogP contribution in [0.25, 0.3) is 0 Å². The molecule has 1 rings (SSSR count). The summed E-state index contributed by atoms with van der Waals surface area (Å²) in [6, 6.07) is 7.44. The van der Waals surface area contributed by atoms with Gasteiger partial charge in [-0.05, 0) is 37.0 Å². The van der Waals surface area contributed by atoms with E-state index in [-0.39, 0.29) is 11.9 Å². The maximum atomic E-state index is 11.9. The molecule has 0 unspecified atom stereocenters. The summed E-state index contributed by atoms with van der Waals surface area (Å²) in [7, 11) is 0. The van der Waals surface area contributed by atoms with Gasteiger partial charge < -0.3 is 11.1 Å². The fraction of sp³-hybridized carbons (Fsp3) is 0.500. The molecule has 0 bridgehead atoms. The Hall–Kier alpha value is -0.870. The quantitative estimate of drug-likeness (QED) is 0.878. The van der Waals surface area contributed by atoms with Crippen molar-refractivity contribution in [1.82, 2.24) is 5.32 Å². The predicted octanol–water partition coefficient (Wildman–Crippen LogP) is 3.00. The lowest BCUT2D eigenvalue weighted by Crippen LogP contribution is -2.42. The van der Waals surface area contributed by atoms with Crippen LogP contribution in [0.2, 0.25) is 0 Å². The molecule has 3 N–H and O–H groups in total. The molecule has 0 aliphatic rings. The highest BCUT2D eigenvalue weighted by Crippen LogP contribution is 2.18. The van der Waals surface area contributed by atoms with Gasteiger partial charge >= 0.3 is 0 Å². The predicted molar refractivity (Wildman–Crippen MR) is 78.1 cm³/mol. The van der Waals surface area contributed by atoms with Gasteiger partial charge in [0.1, 0.15) is 0 Å². The average molecular weight is 313 g/mol. The molecule has 4 heteroatoms. The van der Waals surface area contributed by atoms with Crippen molar-refractivity contribution in [1.29, 1.82) is 0 Å². The minimum atomic E-state index is -0.431. The summed E-state index contributed by atoms with van der Waals surface area (Å²) in [5.41, 5.74) is 6.92. The topological polar surface area (TPSA) is 55.1 Å². The van der Waals surface area contributed by atoms with Gasteiger partial charge in [-0.1, -0.05) is 41.9 Å². The molecule has 0 saturated carbocycles. The SMILES string of the molecule is CC(C)C[C@H](N)C(=O)N[C@@H](C)c1cccc(Br)c1. The molecule has 1 aromatic rings. The van der Waals surface area contributed by atoms with E-state index in [0.717, 1.165) is 10.0 Å². The van der Waals surface area contributed by atoms with E-state index in [0.29, 0.717) is 12.3 Å². The van der Waals surface area contributed by atoms with Crippen LogP contribution in [0.4, 0.5) is 0 Å². The number of hydrogen-bond donors (Lipinski definition) is 2. The summed E-state index contributed by atoms with van der Waals surface area (Å²) >= 11 is 3.42. The summed E-state index contributed by atoms with van der Waals surface area (Å²) in [5, 5.41) is 2.94. The molecule has 1 aromatic carbocycles. The third-order valence-electron chi connectivity index (χ3n) is 2.77. The highest BCUT2D eigenvalue weighted by Gasteiger charge is 2.17.